The summed E-state index contributed by atoms with van der Waals surface area (Å²) in [7, 11) is 0. The molecule has 1 N–H and O–H groups in total. The molecule has 0 radical (unpaired) electrons. The number of carboxylic acid groups (broad SMARTS) is 1. The largest absolute Gasteiger partial charge is 0.478 e. The van der Waals surface area contributed by atoms with Crippen LogP contribution >= 0.6 is 0 Å². The van der Waals surface area contributed by atoms with E-state index in [2.05, 4.69) is 11.0 Å². The Hall–Kier alpha value is -1.51. The first-order valence-electron chi connectivity index (χ1n) is 7.69. The van der Waals surface area contributed by atoms with Gasteiger partial charge in [-0.3, -0.25) is 0 Å². The predicted molar refractivity (Wildman–Crippen MR) is 80.5 cm³/mol. The molecule has 1 spiro atoms. The van der Waals surface area contributed by atoms with E-state index >= 15 is 0 Å². The molecular formula is C17H23NO2. The fourth-order valence-corrected chi connectivity index (χ4v) is 3.78. The van der Waals surface area contributed by atoms with Crippen LogP contribution in [-0.2, 0) is 0 Å². The van der Waals surface area contributed by atoms with Crippen molar-refractivity contribution in [1.29, 1.82) is 0 Å². The summed E-state index contributed by atoms with van der Waals surface area (Å²) < 4.78 is 0. The van der Waals surface area contributed by atoms with Crippen LogP contribution in [0.2, 0.25) is 0 Å². The lowest BCUT2D eigenvalue weighted by atomic mass is 9.73. The number of rotatable bonds is 2. The van der Waals surface area contributed by atoms with Crippen molar-refractivity contribution >= 4 is 11.7 Å². The molecule has 1 aliphatic heterocycles. The molecule has 1 saturated heterocycles. The predicted octanol–water partition coefficient (Wildman–Crippen LogP) is 3.85. The van der Waals surface area contributed by atoms with E-state index in [4.69, 9.17) is 0 Å². The molecule has 0 atom stereocenters. The van der Waals surface area contributed by atoms with E-state index in [9.17, 15) is 9.90 Å². The lowest BCUT2D eigenvalue weighted by Gasteiger charge is -2.51. The van der Waals surface area contributed by atoms with Crippen LogP contribution in [0.4, 0.5) is 5.69 Å². The maximum atomic E-state index is 11.2. The zero-order chi connectivity index (χ0) is 14.2. The Morgan fingerprint density at radius 2 is 1.80 bits per heavy atom. The molecule has 1 saturated carbocycles. The third kappa shape index (κ3) is 2.41. The molecule has 3 rings (SSSR count). The van der Waals surface area contributed by atoms with Crippen molar-refractivity contribution in [3.05, 3.63) is 29.3 Å². The van der Waals surface area contributed by atoms with E-state index in [-0.39, 0.29) is 0 Å². The van der Waals surface area contributed by atoms with Crippen LogP contribution < -0.4 is 4.90 Å². The number of anilines is 1. The van der Waals surface area contributed by atoms with Gasteiger partial charge < -0.3 is 10.0 Å². The van der Waals surface area contributed by atoms with Crippen molar-refractivity contribution < 1.29 is 9.90 Å². The Bertz CT molecular complexity index is 508. The molecule has 2 fully saturated rings. The highest BCUT2D eigenvalue weighted by Crippen LogP contribution is 2.44. The molecule has 3 heteroatoms. The van der Waals surface area contributed by atoms with Gasteiger partial charge in [0.15, 0.2) is 0 Å². The second-order valence-electron chi connectivity index (χ2n) is 6.57. The van der Waals surface area contributed by atoms with Crippen molar-refractivity contribution in [2.45, 2.75) is 45.4 Å². The standard InChI is InChI=1S/C17H23NO2/c1-13-6-7-14(10-15(13)16(19)20)18-11-17(12-18)8-4-2-3-5-9-17/h6-7,10H,2-5,8-9,11-12H2,1H3,(H,19,20). The quantitative estimate of drug-likeness (QED) is 0.889. The number of nitrogens with zero attached hydrogens (tertiary/aromatic N) is 1. The van der Waals surface area contributed by atoms with E-state index in [0.717, 1.165) is 24.3 Å². The number of aryl methyl sites for hydroxylation is 1. The Morgan fingerprint density at radius 1 is 1.15 bits per heavy atom. The van der Waals surface area contributed by atoms with Crippen LogP contribution in [-0.4, -0.2) is 24.2 Å². The average Bonchev–Trinajstić information content (AvgIpc) is 2.63. The first-order chi connectivity index (χ1) is 9.60. The summed E-state index contributed by atoms with van der Waals surface area (Å²) in [5, 5.41) is 9.22. The van der Waals surface area contributed by atoms with Crippen molar-refractivity contribution in [2.75, 3.05) is 18.0 Å². The second-order valence-corrected chi connectivity index (χ2v) is 6.57. The minimum Gasteiger partial charge on any atom is -0.478 e. The number of benzene rings is 1. The molecule has 0 aromatic heterocycles. The normalized spacial score (nSPS) is 21.4. The number of aromatic carboxylic acids is 1. The van der Waals surface area contributed by atoms with Gasteiger partial charge in [-0.2, -0.15) is 0 Å². The van der Waals surface area contributed by atoms with Crippen LogP contribution in [0, 0.1) is 12.3 Å². The number of carbonyl (C=O) groups is 1. The van der Waals surface area contributed by atoms with Crippen LogP contribution in [0.1, 0.15) is 54.4 Å². The zero-order valence-electron chi connectivity index (χ0n) is 12.2. The van der Waals surface area contributed by atoms with Gasteiger partial charge in [0.05, 0.1) is 5.56 Å². The highest BCUT2D eigenvalue weighted by atomic mass is 16.4. The lowest BCUT2D eigenvalue weighted by molar-refractivity contribution is 0.0696. The first kappa shape index (κ1) is 13.5. The molecule has 0 unspecified atom stereocenters. The van der Waals surface area contributed by atoms with Crippen LogP contribution in [0.15, 0.2) is 18.2 Å². The number of carboxylic acids is 1. The van der Waals surface area contributed by atoms with Crippen molar-refractivity contribution in [3.8, 4) is 0 Å². The summed E-state index contributed by atoms with van der Waals surface area (Å²) in [6, 6.07) is 5.82. The molecule has 1 heterocycles. The van der Waals surface area contributed by atoms with Crippen LogP contribution in [0.5, 0.6) is 0 Å². The summed E-state index contributed by atoms with van der Waals surface area (Å²) in [5.74, 6) is -0.825. The van der Waals surface area contributed by atoms with E-state index in [1.165, 1.54) is 38.5 Å². The third-order valence-electron chi connectivity index (χ3n) is 5.03. The minimum atomic E-state index is -0.825. The summed E-state index contributed by atoms with van der Waals surface area (Å²) in [4.78, 5) is 13.6. The molecule has 0 amide bonds. The lowest BCUT2D eigenvalue weighted by Crippen LogP contribution is -2.56. The maximum Gasteiger partial charge on any atom is 0.336 e. The van der Waals surface area contributed by atoms with Gasteiger partial charge in [0.1, 0.15) is 0 Å². The topological polar surface area (TPSA) is 40.5 Å². The van der Waals surface area contributed by atoms with Gasteiger partial charge in [0, 0.05) is 24.2 Å². The second kappa shape index (κ2) is 5.12. The van der Waals surface area contributed by atoms with E-state index < -0.39 is 5.97 Å². The van der Waals surface area contributed by atoms with Gasteiger partial charge in [-0.15, -0.1) is 0 Å². The van der Waals surface area contributed by atoms with Gasteiger partial charge in [-0.25, -0.2) is 4.79 Å². The Labute approximate surface area is 120 Å². The maximum absolute atomic E-state index is 11.2. The molecule has 3 nitrogen and oxygen atoms in total. The van der Waals surface area contributed by atoms with E-state index in [1.54, 1.807) is 0 Å². The SMILES string of the molecule is Cc1ccc(N2CC3(CCCCCC3)C2)cc1C(=O)O. The van der Waals surface area contributed by atoms with E-state index in [1.807, 2.05) is 19.1 Å². The number of hydrogen-bond donors (Lipinski definition) is 1. The Kier molecular flexibility index (Phi) is 3.45. The monoisotopic (exact) mass is 273 g/mol. The van der Waals surface area contributed by atoms with Gasteiger partial charge in [0.25, 0.3) is 0 Å². The van der Waals surface area contributed by atoms with Gasteiger partial charge in [-0.1, -0.05) is 31.7 Å². The highest BCUT2D eigenvalue weighted by Gasteiger charge is 2.42. The molecule has 108 valence electrons. The molecule has 0 bridgehead atoms. The fourth-order valence-electron chi connectivity index (χ4n) is 3.78. The average molecular weight is 273 g/mol. The summed E-state index contributed by atoms with van der Waals surface area (Å²) in [6.45, 7) is 4.07. The minimum absolute atomic E-state index is 0.435. The molecule has 20 heavy (non-hydrogen) atoms. The summed E-state index contributed by atoms with van der Waals surface area (Å²) >= 11 is 0. The van der Waals surface area contributed by atoms with E-state index in [0.29, 0.717) is 11.0 Å². The van der Waals surface area contributed by atoms with Crippen molar-refractivity contribution in [2.24, 2.45) is 5.41 Å². The molecule has 1 aromatic rings. The van der Waals surface area contributed by atoms with Gasteiger partial charge in [-0.05, 0) is 37.5 Å². The Balaban J connectivity index is 1.73. The van der Waals surface area contributed by atoms with Crippen molar-refractivity contribution in [3.63, 3.8) is 0 Å². The third-order valence-corrected chi connectivity index (χ3v) is 5.03. The molecule has 1 aromatic carbocycles. The zero-order valence-corrected chi connectivity index (χ0v) is 12.2. The smallest absolute Gasteiger partial charge is 0.336 e. The number of hydrogen-bond acceptors (Lipinski definition) is 2. The molecular weight excluding hydrogens is 250 g/mol. The fraction of sp³-hybridized carbons (Fsp3) is 0.588. The summed E-state index contributed by atoms with van der Waals surface area (Å²) in [5.41, 5.74) is 2.86. The van der Waals surface area contributed by atoms with Crippen molar-refractivity contribution in [1.82, 2.24) is 0 Å². The van der Waals surface area contributed by atoms with Gasteiger partial charge >= 0.3 is 5.97 Å². The first-order valence-corrected chi connectivity index (χ1v) is 7.69. The Morgan fingerprint density at radius 3 is 2.40 bits per heavy atom. The van der Waals surface area contributed by atoms with Crippen LogP contribution in [0.25, 0.3) is 0 Å². The summed E-state index contributed by atoms with van der Waals surface area (Å²) in [6.07, 6.45) is 8.19. The van der Waals surface area contributed by atoms with Gasteiger partial charge in [0.2, 0.25) is 0 Å². The molecule has 2 aliphatic rings. The highest BCUT2D eigenvalue weighted by molar-refractivity contribution is 5.90. The molecule has 1 aliphatic carbocycles. The van der Waals surface area contributed by atoms with Crippen LogP contribution in [0.3, 0.4) is 0 Å².